The molecule has 1 amide bonds. The fraction of sp³-hybridized carbons (Fsp3) is 0.417. The minimum absolute atomic E-state index is 0.0418. The van der Waals surface area contributed by atoms with Crippen LogP contribution in [-0.2, 0) is 0 Å². The van der Waals surface area contributed by atoms with Gasteiger partial charge in [0.2, 0.25) is 0 Å². The maximum atomic E-state index is 11.6. The van der Waals surface area contributed by atoms with Crippen molar-refractivity contribution in [3.8, 4) is 0 Å². The van der Waals surface area contributed by atoms with Gasteiger partial charge in [0.25, 0.3) is 5.91 Å². The minimum atomic E-state index is -0.548. The molecule has 1 rings (SSSR count). The van der Waals surface area contributed by atoms with Gasteiger partial charge in [0.1, 0.15) is 0 Å². The van der Waals surface area contributed by atoms with Crippen molar-refractivity contribution in [2.75, 3.05) is 20.6 Å². The summed E-state index contributed by atoms with van der Waals surface area (Å²) >= 11 is 0. The number of nitrogens with zero attached hydrogens (tertiary/aromatic N) is 1. The molecule has 0 aliphatic carbocycles. The molecule has 3 N–H and O–H groups in total. The quantitative estimate of drug-likeness (QED) is 0.790. The molecule has 1 atom stereocenters. The molecule has 16 heavy (non-hydrogen) atoms. The summed E-state index contributed by atoms with van der Waals surface area (Å²) in [6.45, 7) is 0.444. The third kappa shape index (κ3) is 3.05. The number of aliphatic hydroxyl groups is 1. The van der Waals surface area contributed by atoms with Crippen LogP contribution in [0.5, 0.6) is 0 Å². The first-order valence-corrected chi connectivity index (χ1v) is 5.26. The van der Waals surface area contributed by atoms with Gasteiger partial charge < -0.3 is 15.7 Å². The molecule has 0 aliphatic heterocycles. The predicted molar refractivity (Wildman–Crippen MR) is 63.1 cm³/mol. The number of aliphatic hydroxyl groups excluding tert-OH is 1. The molecule has 0 radical (unpaired) electrons. The van der Waals surface area contributed by atoms with E-state index in [1.54, 1.807) is 38.4 Å². The second-order valence-corrected chi connectivity index (χ2v) is 3.91. The fourth-order valence-electron chi connectivity index (χ4n) is 1.43. The number of rotatable bonds is 4. The average Bonchev–Trinajstić information content (AvgIpc) is 2.28. The fourth-order valence-corrected chi connectivity index (χ4v) is 1.43. The second-order valence-electron chi connectivity index (χ2n) is 3.91. The Balaban J connectivity index is 2.79. The van der Waals surface area contributed by atoms with Gasteiger partial charge in [-0.2, -0.15) is 0 Å². The van der Waals surface area contributed by atoms with Gasteiger partial charge in [-0.3, -0.25) is 4.79 Å². The number of amides is 1. The zero-order valence-electron chi connectivity index (χ0n) is 9.68. The van der Waals surface area contributed by atoms with Crippen LogP contribution in [0.3, 0.4) is 0 Å². The molecule has 88 valence electrons. The summed E-state index contributed by atoms with van der Waals surface area (Å²) in [4.78, 5) is 13.1. The van der Waals surface area contributed by atoms with Gasteiger partial charge in [-0.25, -0.2) is 0 Å². The zero-order chi connectivity index (χ0) is 12.1. The van der Waals surface area contributed by atoms with Crippen LogP contribution in [-0.4, -0.2) is 36.6 Å². The first-order chi connectivity index (χ1) is 7.56. The van der Waals surface area contributed by atoms with Crippen molar-refractivity contribution in [1.82, 2.24) is 4.90 Å². The molecule has 0 fully saturated rings. The summed E-state index contributed by atoms with van der Waals surface area (Å²) in [5.41, 5.74) is 6.78. The van der Waals surface area contributed by atoms with Crippen molar-refractivity contribution in [2.24, 2.45) is 5.73 Å². The molecule has 4 heteroatoms. The van der Waals surface area contributed by atoms with Gasteiger partial charge >= 0.3 is 0 Å². The van der Waals surface area contributed by atoms with E-state index in [0.717, 1.165) is 5.56 Å². The smallest absolute Gasteiger partial charge is 0.253 e. The lowest BCUT2D eigenvalue weighted by molar-refractivity contribution is 0.0827. The lowest BCUT2D eigenvalue weighted by atomic mass is 10.0. The van der Waals surface area contributed by atoms with Gasteiger partial charge in [0.15, 0.2) is 0 Å². The number of carbonyl (C=O) groups is 1. The Labute approximate surface area is 95.7 Å². The van der Waals surface area contributed by atoms with Crippen LogP contribution in [0.1, 0.15) is 28.4 Å². The molecule has 0 heterocycles. The summed E-state index contributed by atoms with van der Waals surface area (Å²) in [6, 6.07) is 6.96. The maximum Gasteiger partial charge on any atom is 0.253 e. The van der Waals surface area contributed by atoms with E-state index in [4.69, 9.17) is 5.73 Å². The Kier molecular flexibility index (Phi) is 4.46. The molecule has 0 unspecified atom stereocenters. The number of nitrogens with two attached hydrogens (primary N) is 1. The lowest BCUT2D eigenvalue weighted by Gasteiger charge is -2.12. The summed E-state index contributed by atoms with van der Waals surface area (Å²) in [5, 5.41) is 9.68. The first-order valence-electron chi connectivity index (χ1n) is 5.26. The van der Waals surface area contributed by atoms with E-state index in [-0.39, 0.29) is 5.91 Å². The molecule has 0 bridgehead atoms. The van der Waals surface area contributed by atoms with E-state index in [1.165, 1.54) is 4.90 Å². The topological polar surface area (TPSA) is 66.6 Å². The normalized spacial score (nSPS) is 12.2. The standard InChI is InChI=1S/C12H18N2O2/c1-14(2)12(16)10-5-3-9(4-6-10)11(15)7-8-13/h3-6,11,15H,7-8,13H2,1-2H3/t11-/m1/s1. The Morgan fingerprint density at radius 1 is 1.38 bits per heavy atom. The van der Waals surface area contributed by atoms with Crippen LogP contribution < -0.4 is 5.73 Å². The third-order valence-corrected chi connectivity index (χ3v) is 2.39. The van der Waals surface area contributed by atoms with Gasteiger partial charge in [-0.1, -0.05) is 12.1 Å². The van der Waals surface area contributed by atoms with Crippen LogP contribution in [0, 0.1) is 0 Å². The molecule has 0 saturated heterocycles. The Morgan fingerprint density at radius 3 is 2.38 bits per heavy atom. The highest BCUT2D eigenvalue weighted by atomic mass is 16.3. The summed E-state index contributed by atoms with van der Waals surface area (Å²) < 4.78 is 0. The minimum Gasteiger partial charge on any atom is -0.388 e. The third-order valence-electron chi connectivity index (χ3n) is 2.39. The van der Waals surface area contributed by atoms with Crippen LogP contribution in [0.4, 0.5) is 0 Å². The van der Waals surface area contributed by atoms with E-state index >= 15 is 0 Å². The molecule has 0 aromatic heterocycles. The molecule has 4 nitrogen and oxygen atoms in total. The molecule has 0 spiro atoms. The van der Waals surface area contributed by atoms with E-state index in [2.05, 4.69) is 0 Å². The van der Waals surface area contributed by atoms with Crippen LogP contribution in [0.2, 0.25) is 0 Å². The molecule has 1 aromatic rings. The van der Waals surface area contributed by atoms with Gasteiger partial charge in [-0.05, 0) is 30.7 Å². The van der Waals surface area contributed by atoms with E-state index in [0.29, 0.717) is 18.5 Å². The van der Waals surface area contributed by atoms with Gasteiger partial charge in [0, 0.05) is 19.7 Å². The highest BCUT2D eigenvalue weighted by Crippen LogP contribution is 2.16. The zero-order valence-corrected chi connectivity index (χ0v) is 9.68. The number of carbonyl (C=O) groups excluding carboxylic acids is 1. The van der Waals surface area contributed by atoms with E-state index < -0.39 is 6.10 Å². The monoisotopic (exact) mass is 222 g/mol. The van der Waals surface area contributed by atoms with Crippen molar-refractivity contribution in [1.29, 1.82) is 0 Å². The van der Waals surface area contributed by atoms with Crippen LogP contribution in [0.25, 0.3) is 0 Å². The van der Waals surface area contributed by atoms with E-state index in [1.807, 2.05) is 0 Å². The Hall–Kier alpha value is -1.39. The van der Waals surface area contributed by atoms with Crippen molar-refractivity contribution < 1.29 is 9.90 Å². The van der Waals surface area contributed by atoms with E-state index in [9.17, 15) is 9.90 Å². The van der Waals surface area contributed by atoms with Gasteiger partial charge in [-0.15, -0.1) is 0 Å². The number of hydrogen-bond acceptors (Lipinski definition) is 3. The number of benzene rings is 1. The maximum absolute atomic E-state index is 11.6. The molecular formula is C12H18N2O2. The SMILES string of the molecule is CN(C)C(=O)c1ccc([C@H](O)CCN)cc1. The highest BCUT2D eigenvalue weighted by molar-refractivity contribution is 5.93. The van der Waals surface area contributed by atoms with Crippen molar-refractivity contribution in [3.63, 3.8) is 0 Å². The molecule has 1 aromatic carbocycles. The van der Waals surface area contributed by atoms with Crippen LogP contribution in [0.15, 0.2) is 24.3 Å². The van der Waals surface area contributed by atoms with Crippen molar-refractivity contribution in [3.05, 3.63) is 35.4 Å². The second kappa shape index (κ2) is 5.63. The lowest BCUT2D eigenvalue weighted by Crippen LogP contribution is -2.21. The van der Waals surface area contributed by atoms with Crippen LogP contribution >= 0.6 is 0 Å². The largest absolute Gasteiger partial charge is 0.388 e. The summed E-state index contributed by atoms with van der Waals surface area (Å²) in [7, 11) is 3.42. The predicted octanol–water partition coefficient (Wildman–Crippen LogP) is 0.771. The Morgan fingerprint density at radius 2 is 1.94 bits per heavy atom. The average molecular weight is 222 g/mol. The molecule has 0 saturated carbocycles. The summed E-state index contributed by atoms with van der Waals surface area (Å²) in [5.74, 6) is -0.0418. The van der Waals surface area contributed by atoms with Crippen molar-refractivity contribution in [2.45, 2.75) is 12.5 Å². The van der Waals surface area contributed by atoms with Gasteiger partial charge in [0.05, 0.1) is 6.10 Å². The summed E-state index contributed by atoms with van der Waals surface area (Å²) in [6.07, 6.45) is -0.0189. The Bertz CT molecular complexity index is 347. The highest BCUT2D eigenvalue weighted by Gasteiger charge is 2.10. The number of hydrogen-bond donors (Lipinski definition) is 2. The van der Waals surface area contributed by atoms with Crippen molar-refractivity contribution >= 4 is 5.91 Å². The molecule has 0 aliphatic rings. The first kappa shape index (κ1) is 12.7. The molecular weight excluding hydrogens is 204 g/mol.